The largest absolute Gasteiger partial charge is 0.467 e. The maximum absolute atomic E-state index is 13.2. The zero-order chi connectivity index (χ0) is 16.9. The van der Waals surface area contributed by atoms with E-state index < -0.39 is 0 Å². The van der Waals surface area contributed by atoms with E-state index in [4.69, 9.17) is 4.42 Å². The van der Waals surface area contributed by atoms with Crippen LogP contribution in [0.2, 0.25) is 0 Å². The minimum Gasteiger partial charge on any atom is -0.467 e. The summed E-state index contributed by atoms with van der Waals surface area (Å²) >= 11 is 0. The van der Waals surface area contributed by atoms with Crippen LogP contribution in [0.1, 0.15) is 21.8 Å². The van der Waals surface area contributed by atoms with Crippen LogP contribution >= 0.6 is 0 Å². The normalized spacial score (nSPS) is 11.1. The van der Waals surface area contributed by atoms with Crippen molar-refractivity contribution in [2.24, 2.45) is 12.0 Å². The summed E-state index contributed by atoms with van der Waals surface area (Å²) in [7, 11) is 1.66. The van der Waals surface area contributed by atoms with Gasteiger partial charge in [-0.15, -0.1) is 0 Å². The van der Waals surface area contributed by atoms with Crippen LogP contribution in [0.5, 0.6) is 0 Å². The van der Waals surface area contributed by atoms with Crippen LogP contribution < -0.4 is 5.32 Å². The first-order chi connectivity index (χ1) is 11.6. The van der Waals surface area contributed by atoms with E-state index in [2.05, 4.69) is 15.4 Å². The molecule has 122 valence electrons. The lowest BCUT2D eigenvalue weighted by Gasteiger charge is -2.04. The minimum atomic E-state index is -0.346. The van der Waals surface area contributed by atoms with Crippen molar-refractivity contribution in [3.8, 4) is 0 Å². The third-order valence-electron chi connectivity index (χ3n) is 3.34. The molecule has 0 atom stereocenters. The smallest absolute Gasteiger partial charge is 0.272 e. The van der Waals surface area contributed by atoms with Crippen molar-refractivity contribution in [2.75, 3.05) is 0 Å². The highest BCUT2D eigenvalue weighted by Gasteiger charge is 2.16. The molecule has 0 saturated carbocycles. The zero-order valence-corrected chi connectivity index (χ0v) is 12.9. The van der Waals surface area contributed by atoms with Crippen LogP contribution in [0.25, 0.3) is 0 Å². The summed E-state index contributed by atoms with van der Waals surface area (Å²) in [4.78, 5) is 16.6. The maximum Gasteiger partial charge on any atom is 0.272 e. The SMILES string of the molecule is Cn1ncc(N=Cc2cccc(F)c2)c1C(=O)NCc1ccco1. The number of furan rings is 1. The van der Waals surface area contributed by atoms with Gasteiger partial charge >= 0.3 is 0 Å². The second-order valence-electron chi connectivity index (χ2n) is 5.08. The Labute approximate surface area is 137 Å². The lowest BCUT2D eigenvalue weighted by molar-refractivity contribution is 0.0939. The Bertz CT molecular complexity index is 869. The Hall–Kier alpha value is -3.22. The lowest BCUT2D eigenvalue weighted by atomic mass is 10.2. The van der Waals surface area contributed by atoms with Gasteiger partial charge in [0.05, 0.1) is 19.0 Å². The van der Waals surface area contributed by atoms with Crippen molar-refractivity contribution in [3.05, 3.63) is 71.7 Å². The molecule has 0 spiro atoms. The number of carbonyl (C=O) groups excluding carboxylic acids is 1. The molecule has 2 aromatic heterocycles. The Kier molecular flexibility index (Phi) is 4.51. The number of halogens is 1. The molecule has 0 fully saturated rings. The summed E-state index contributed by atoms with van der Waals surface area (Å²) < 4.78 is 19.8. The van der Waals surface area contributed by atoms with Crippen LogP contribution in [0, 0.1) is 5.82 Å². The summed E-state index contributed by atoms with van der Waals surface area (Å²) in [6.45, 7) is 0.268. The summed E-state index contributed by atoms with van der Waals surface area (Å²) in [5.41, 5.74) is 1.31. The molecule has 0 radical (unpaired) electrons. The molecule has 1 N–H and O–H groups in total. The number of hydrogen-bond donors (Lipinski definition) is 1. The molecular weight excluding hydrogens is 311 g/mol. The highest BCUT2D eigenvalue weighted by molar-refractivity contribution is 5.98. The van der Waals surface area contributed by atoms with Gasteiger partial charge in [-0.1, -0.05) is 12.1 Å². The van der Waals surface area contributed by atoms with E-state index in [0.29, 0.717) is 22.7 Å². The fourth-order valence-electron chi connectivity index (χ4n) is 2.18. The Morgan fingerprint density at radius 2 is 2.29 bits per heavy atom. The van der Waals surface area contributed by atoms with Crippen LogP contribution in [0.3, 0.4) is 0 Å². The predicted octanol–water partition coefficient (Wildman–Crippen LogP) is 2.83. The number of benzene rings is 1. The van der Waals surface area contributed by atoms with Crippen molar-refractivity contribution in [1.82, 2.24) is 15.1 Å². The maximum atomic E-state index is 13.2. The molecule has 0 saturated heterocycles. The van der Waals surface area contributed by atoms with Gasteiger partial charge in [-0.25, -0.2) is 4.39 Å². The highest BCUT2D eigenvalue weighted by atomic mass is 19.1. The van der Waals surface area contributed by atoms with Crippen molar-refractivity contribution < 1.29 is 13.6 Å². The van der Waals surface area contributed by atoms with E-state index >= 15 is 0 Å². The first-order valence-electron chi connectivity index (χ1n) is 7.25. The van der Waals surface area contributed by atoms with Gasteiger partial charge in [-0.2, -0.15) is 5.10 Å². The molecule has 3 aromatic rings. The van der Waals surface area contributed by atoms with Gasteiger partial charge in [0.1, 0.15) is 17.3 Å². The summed E-state index contributed by atoms with van der Waals surface area (Å²) in [6, 6.07) is 9.55. The number of rotatable bonds is 5. The molecule has 1 amide bonds. The number of aromatic nitrogens is 2. The Balaban J connectivity index is 1.76. The average Bonchev–Trinajstić information content (AvgIpc) is 3.20. The first-order valence-corrected chi connectivity index (χ1v) is 7.25. The van der Waals surface area contributed by atoms with E-state index in [1.807, 2.05) is 0 Å². The second kappa shape index (κ2) is 6.91. The first kappa shape index (κ1) is 15.7. The number of hydrogen-bond acceptors (Lipinski definition) is 4. The van der Waals surface area contributed by atoms with E-state index in [9.17, 15) is 9.18 Å². The van der Waals surface area contributed by atoms with Crippen LogP contribution in [-0.2, 0) is 13.6 Å². The topological polar surface area (TPSA) is 72.4 Å². The molecule has 2 heterocycles. The zero-order valence-electron chi connectivity index (χ0n) is 12.9. The van der Waals surface area contributed by atoms with Crippen molar-refractivity contribution in [1.29, 1.82) is 0 Å². The third kappa shape index (κ3) is 3.57. The highest BCUT2D eigenvalue weighted by Crippen LogP contribution is 2.18. The predicted molar refractivity (Wildman–Crippen MR) is 86.7 cm³/mol. The van der Waals surface area contributed by atoms with Crippen molar-refractivity contribution >= 4 is 17.8 Å². The fraction of sp³-hybridized carbons (Fsp3) is 0.118. The Morgan fingerprint density at radius 3 is 3.04 bits per heavy atom. The molecule has 6 nitrogen and oxygen atoms in total. The van der Waals surface area contributed by atoms with E-state index in [0.717, 1.165) is 0 Å². The van der Waals surface area contributed by atoms with E-state index in [-0.39, 0.29) is 18.3 Å². The molecule has 0 aliphatic rings. The monoisotopic (exact) mass is 326 g/mol. The molecule has 7 heteroatoms. The number of aryl methyl sites for hydroxylation is 1. The molecular formula is C17H15FN4O2. The lowest BCUT2D eigenvalue weighted by Crippen LogP contribution is -2.25. The number of nitrogens with zero attached hydrogens (tertiary/aromatic N) is 3. The molecule has 0 unspecified atom stereocenters. The number of amides is 1. The van der Waals surface area contributed by atoms with Gasteiger partial charge in [0, 0.05) is 13.3 Å². The van der Waals surface area contributed by atoms with Gasteiger partial charge < -0.3 is 9.73 Å². The van der Waals surface area contributed by atoms with Crippen LogP contribution in [0.4, 0.5) is 10.1 Å². The molecule has 0 aliphatic carbocycles. The average molecular weight is 326 g/mol. The van der Waals surface area contributed by atoms with E-state index in [1.165, 1.54) is 29.2 Å². The van der Waals surface area contributed by atoms with E-state index in [1.54, 1.807) is 37.6 Å². The fourth-order valence-corrected chi connectivity index (χ4v) is 2.18. The summed E-state index contributed by atoms with van der Waals surface area (Å²) in [5.74, 6) is -0.0188. The van der Waals surface area contributed by atoms with Crippen molar-refractivity contribution in [2.45, 2.75) is 6.54 Å². The van der Waals surface area contributed by atoms with Crippen LogP contribution in [-0.4, -0.2) is 21.9 Å². The van der Waals surface area contributed by atoms with Crippen LogP contribution in [0.15, 0.2) is 58.3 Å². The summed E-state index contributed by atoms with van der Waals surface area (Å²) in [6.07, 6.45) is 4.52. The van der Waals surface area contributed by atoms with Gasteiger partial charge in [-0.3, -0.25) is 14.5 Å². The quantitative estimate of drug-likeness (QED) is 0.733. The number of carbonyl (C=O) groups is 1. The molecule has 3 rings (SSSR count). The third-order valence-corrected chi connectivity index (χ3v) is 3.34. The molecule has 24 heavy (non-hydrogen) atoms. The minimum absolute atomic E-state index is 0.268. The van der Waals surface area contributed by atoms with Gasteiger partial charge in [0.15, 0.2) is 5.69 Å². The van der Waals surface area contributed by atoms with Crippen molar-refractivity contribution in [3.63, 3.8) is 0 Å². The standard InChI is InChI=1S/C17H15FN4O2/c1-22-16(17(23)20-10-14-6-3-7-24-14)15(11-21-22)19-9-12-4-2-5-13(18)8-12/h2-9,11H,10H2,1H3,(H,20,23). The molecule has 0 aliphatic heterocycles. The van der Waals surface area contributed by atoms with Gasteiger partial charge in [0.25, 0.3) is 5.91 Å². The summed E-state index contributed by atoms with van der Waals surface area (Å²) in [5, 5.41) is 6.81. The number of nitrogens with one attached hydrogen (secondary N) is 1. The Morgan fingerprint density at radius 1 is 1.42 bits per heavy atom. The number of aliphatic imine (C=N–C) groups is 1. The van der Waals surface area contributed by atoms with Gasteiger partial charge in [0.2, 0.25) is 0 Å². The second-order valence-corrected chi connectivity index (χ2v) is 5.08. The molecule has 1 aromatic carbocycles. The molecule has 0 bridgehead atoms. The van der Waals surface area contributed by atoms with Gasteiger partial charge in [-0.05, 0) is 29.8 Å².